The molecule has 178 valence electrons. The molecule has 3 aliphatic rings. The molecule has 0 radical (unpaired) electrons. The van der Waals surface area contributed by atoms with Crippen LogP contribution in [0.25, 0.3) is 0 Å². The average molecular weight is 473 g/mol. The predicted octanol–water partition coefficient (Wildman–Crippen LogP) is 2.03. The molecule has 2 fully saturated rings. The van der Waals surface area contributed by atoms with Crippen molar-refractivity contribution >= 4 is 23.4 Å². The summed E-state index contributed by atoms with van der Waals surface area (Å²) >= 11 is 0. The van der Waals surface area contributed by atoms with Crippen molar-refractivity contribution < 1.29 is 31.7 Å². The minimum atomic E-state index is -3.09. The van der Waals surface area contributed by atoms with E-state index in [-0.39, 0.29) is 35.5 Å². The molecule has 8 nitrogen and oxygen atoms in total. The van der Waals surface area contributed by atoms with E-state index in [2.05, 4.69) is 5.32 Å². The standard InChI is InChI=1S/C25H27FN4O4/c26-23-16(3-1-4-17(23)14-29-9-11-34-12-10-29)13-27-20-6-2-5-18-19(20)15-30(25(18)33)21-7-8-22(31)28-24(21)32/h1-6,21,27H,7-15H2,(H,28,31,32)/i7D2,8D2,13D2. The lowest BCUT2D eigenvalue weighted by Crippen LogP contribution is -2.52. The van der Waals surface area contributed by atoms with Crippen LogP contribution in [0.5, 0.6) is 0 Å². The molecule has 1 unspecified atom stereocenters. The summed E-state index contributed by atoms with van der Waals surface area (Å²) in [6.45, 7) is -0.200. The normalized spacial score (nSPS) is 26.9. The number of hydrogen-bond donors (Lipinski definition) is 2. The van der Waals surface area contributed by atoms with Crippen LogP contribution in [0, 0.1) is 5.82 Å². The van der Waals surface area contributed by atoms with Gasteiger partial charge in [0, 0.05) is 72.5 Å². The van der Waals surface area contributed by atoms with Crippen LogP contribution in [0.1, 0.15) is 48.0 Å². The number of amides is 3. The fourth-order valence-electron chi connectivity index (χ4n) is 4.24. The molecule has 5 rings (SSSR count). The van der Waals surface area contributed by atoms with Crippen LogP contribution in [-0.4, -0.2) is 59.9 Å². The maximum atomic E-state index is 15.6. The van der Waals surface area contributed by atoms with Crippen molar-refractivity contribution in [2.24, 2.45) is 0 Å². The number of anilines is 1. The van der Waals surface area contributed by atoms with Crippen LogP contribution in [0.15, 0.2) is 36.4 Å². The molecule has 0 saturated carbocycles. The summed E-state index contributed by atoms with van der Waals surface area (Å²) in [4.78, 5) is 40.7. The topological polar surface area (TPSA) is 91.0 Å². The van der Waals surface area contributed by atoms with Gasteiger partial charge in [-0.3, -0.25) is 24.6 Å². The second kappa shape index (κ2) is 9.52. The van der Waals surface area contributed by atoms with Crippen LogP contribution >= 0.6 is 0 Å². The van der Waals surface area contributed by atoms with Crippen molar-refractivity contribution in [1.29, 1.82) is 0 Å². The van der Waals surface area contributed by atoms with Gasteiger partial charge >= 0.3 is 0 Å². The van der Waals surface area contributed by atoms with Gasteiger partial charge in [0.2, 0.25) is 11.8 Å². The van der Waals surface area contributed by atoms with E-state index in [9.17, 15) is 14.4 Å². The molecule has 2 aromatic carbocycles. The highest BCUT2D eigenvalue weighted by Crippen LogP contribution is 2.32. The van der Waals surface area contributed by atoms with Gasteiger partial charge in [-0.25, -0.2) is 4.39 Å². The minimum absolute atomic E-state index is 0.0448. The maximum Gasteiger partial charge on any atom is 0.255 e. The highest BCUT2D eigenvalue weighted by atomic mass is 19.1. The molecule has 2 aromatic rings. The van der Waals surface area contributed by atoms with E-state index in [1.54, 1.807) is 17.4 Å². The number of imide groups is 1. The molecule has 3 amide bonds. The molecule has 2 saturated heterocycles. The van der Waals surface area contributed by atoms with Gasteiger partial charge < -0.3 is 15.0 Å². The number of nitrogens with zero attached hydrogens (tertiary/aromatic N) is 2. The van der Waals surface area contributed by atoms with E-state index in [4.69, 9.17) is 13.0 Å². The number of halogens is 1. The van der Waals surface area contributed by atoms with Crippen molar-refractivity contribution in [2.45, 2.75) is 38.4 Å². The van der Waals surface area contributed by atoms with Crippen LogP contribution in [0.2, 0.25) is 0 Å². The zero-order chi connectivity index (χ0) is 29.0. The van der Waals surface area contributed by atoms with Gasteiger partial charge in [0.05, 0.1) is 16.0 Å². The number of benzene rings is 2. The molecule has 1 atom stereocenters. The highest BCUT2D eigenvalue weighted by molar-refractivity contribution is 6.06. The molecule has 3 heterocycles. The third-order valence-electron chi connectivity index (χ3n) is 6.02. The first-order valence-corrected chi connectivity index (χ1v) is 10.9. The SMILES string of the molecule is [2H]C([2H])(Nc1cccc2c1CN(C1C(=O)NC(=O)C([2H])([2H])C1([2H])[2H])C2=O)c1cccc(CN2CCOCC2)c1F. The number of carbonyl (C=O) groups is 3. The van der Waals surface area contributed by atoms with Gasteiger partial charge in [0.25, 0.3) is 5.91 Å². The number of nitrogens with one attached hydrogen (secondary N) is 2. The van der Waals surface area contributed by atoms with Gasteiger partial charge in [0.15, 0.2) is 0 Å². The summed E-state index contributed by atoms with van der Waals surface area (Å²) in [6, 6.07) is 6.87. The second-order valence-electron chi connectivity index (χ2n) is 8.17. The van der Waals surface area contributed by atoms with Crippen LogP contribution in [-0.2, 0) is 33.9 Å². The van der Waals surface area contributed by atoms with Gasteiger partial charge in [-0.1, -0.05) is 24.3 Å². The molecule has 2 N–H and O–H groups in total. The van der Waals surface area contributed by atoms with Gasteiger partial charge in [-0.15, -0.1) is 0 Å². The van der Waals surface area contributed by atoms with Crippen LogP contribution in [0.4, 0.5) is 10.1 Å². The smallest absolute Gasteiger partial charge is 0.255 e. The number of hydrogen-bond acceptors (Lipinski definition) is 6. The van der Waals surface area contributed by atoms with Gasteiger partial charge in [0.1, 0.15) is 11.9 Å². The van der Waals surface area contributed by atoms with Crippen LogP contribution < -0.4 is 10.6 Å². The van der Waals surface area contributed by atoms with E-state index in [0.717, 1.165) is 4.90 Å². The molecule has 9 heteroatoms. The van der Waals surface area contributed by atoms with Crippen molar-refractivity contribution in [3.05, 3.63) is 64.5 Å². The first-order chi connectivity index (χ1) is 18.8. The van der Waals surface area contributed by atoms with E-state index < -0.39 is 48.8 Å². The fraction of sp³-hybridized carbons (Fsp3) is 0.400. The largest absolute Gasteiger partial charge is 0.381 e. The zero-order valence-corrected chi connectivity index (χ0v) is 18.2. The Hall–Kier alpha value is -3.30. The monoisotopic (exact) mass is 472 g/mol. The number of ether oxygens (including phenoxy) is 1. The van der Waals surface area contributed by atoms with E-state index in [1.807, 2.05) is 4.90 Å². The average Bonchev–Trinajstić information content (AvgIpc) is 3.21. The molecular weight excluding hydrogens is 439 g/mol. The molecule has 3 aliphatic heterocycles. The summed E-state index contributed by atoms with van der Waals surface area (Å²) in [5, 5.41) is 4.46. The Balaban J connectivity index is 1.42. The Morgan fingerprint density at radius 3 is 2.74 bits per heavy atom. The number of carbonyl (C=O) groups excluding carboxylic acids is 3. The quantitative estimate of drug-likeness (QED) is 0.626. The first kappa shape index (κ1) is 16.3. The molecule has 0 aromatic heterocycles. The predicted molar refractivity (Wildman–Crippen MR) is 122 cm³/mol. The second-order valence-corrected chi connectivity index (χ2v) is 8.17. The Morgan fingerprint density at radius 2 is 1.91 bits per heavy atom. The van der Waals surface area contributed by atoms with Crippen molar-refractivity contribution in [3.63, 3.8) is 0 Å². The summed E-state index contributed by atoms with van der Waals surface area (Å²) in [5.74, 6) is -4.09. The number of rotatable bonds is 6. The number of piperidine rings is 1. The molecule has 0 bridgehead atoms. The highest BCUT2D eigenvalue weighted by Gasteiger charge is 2.39. The van der Waals surface area contributed by atoms with Gasteiger partial charge in [-0.2, -0.15) is 0 Å². The van der Waals surface area contributed by atoms with E-state index in [1.165, 1.54) is 24.3 Å². The lowest BCUT2D eigenvalue weighted by atomic mass is 10.0. The Morgan fingerprint density at radius 1 is 1.15 bits per heavy atom. The fourth-order valence-corrected chi connectivity index (χ4v) is 4.24. The van der Waals surface area contributed by atoms with Crippen molar-refractivity contribution in [3.8, 4) is 0 Å². The Labute approximate surface area is 205 Å². The van der Waals surface area contributed by atoms with Crippen molar-refractivity contribution in [2.75, 3.05) is 31.6 Å². The van der Waals surface area contributed by atoms with E-state index in [0.29, 0.717) is 31.9 Å². The Kier molecular flexibility index (Phi) is 4.58. The van der Waals surface area contributed by atoms with Crippen LogP contribution in [0.3, 0.4) is 0 Å². The van der Waals surface area contributed by atoms with Crippen molar-refractivity contribution in [1.82, 2.24) is 15.1 Å². The molecular formula is C25H27FN4O4. The zero-order valence-electron chi connectivity index (χ0n) is 24.2. The first-order valence-electron chi connectivity index (χ1n) is 13.9. The third-order valence-corrected chi connectivity index (χ3v) is 6.02. The summed E-state index contributed by atoms with van der Waals surface area (Å²) < 4.78 is 70.5. The lowest BCUT2D eigenvalue weighted by molar-refractivity contribution is -0.136. The molecule has 0 spiro atoms. The number of fused-ring (bicyclic) bond motifs is 1. The van der Waals surface area contributed by atoms with E-state index >= 15 is 4.39 Å². The minimum Gasteiger partial charge on any atom is -0.381 e. The Bertz CT molecular complexity index is 1390. The lowest BCUT2D eigenvalue weighted by Gasteiger charge is -2.29. The molecule has 0 aliphatic carbocycles. The maximum absolute atomic E-state index is 15.6. The summed E-state index contributed by atoms with van der Waals surface area (Å²) in [7, 11) is 0. The molecule has 34 heavy (non-hydrogen) atoms. The summed E-state index contributed by atoms with van der Waals surface area (Å²) in [6.07, 6.45) is -6.14. The van der Waals surface area contributed by atoms with Gasteiger partial charge in [-0.05, 0) is 18.5 Å². The summed E-state index contributed by atoms with van der Waals surface area (Å²) in [5.41, 5.74) is 0.462. The number of morpholine rings is 1. The third kappa shape index (κ3) is 4.41.